The molecule has 2 N–H and O–H groups in total. The number of ketones is 2. The molecule has 8 nitrogen and oxygen atoms in total. The van der Waals surface area contributed by atoms with Crippen LogP contribution in [0.25, 0.3) is 0 Å². The van der Waals surface area contributed by atoms with Crippen LogP contribution in [0.5, 0.6) is 23.0 Å². The number of benzene rings is 2. The van der Waals surface area contributed by atoms with Crippen LogP contribution in [-0.4, -0.2) is 41.9 Å². The molecule has 2 aromatic carbocycles. The number of anilines is 1. The van der Waals surface area contributed by atoms with Crippen LogP contribution >= 0.6 is 0 Å². The number of ether oxygens (including phenoxy) is 2. The van der Waals surface area contributed by atoms with Crippen molar-refractivity contribution < 1.29 is 34.1 Å². The number of rotatable bonds is 8. The maximum Gasteiger partial charge on any atom is 0.227 e. The van der Waals surface area contributed by atoms with Crippen LogP contribution in [0.15, 0.2) is 24.3 Å². The van der Waals surface area contributed by atoms with Crippen molar-refractivity contribution in [2.75, 3.05) is 19.1 Å². The van der Waals surface area contributed by atoms with E-state index in [1.54, 1.807) is 6.92 Å². The van der Waals surface area contributed by atoms with Crippen LogP contribution in [0, 0.1) is 0 Å². The minimum Gasteiger partial charge on any atom is -0.504 e. The standard InChI is InChI=1S/C22H25NO7/c1-6-20(26)23(17-8-15(13(3)25)10-19(30-5)22(17)28)11-16-7-14(12(2)24)9-18(29-4)21(16)27/h7-10,27-28H,6,11H2,1-5H3. The van der Waals surface area contributed by atoms with Gasteiger partial charge < -0.3 is 24.6 Å². The van der Waals surface area contributed by atoms with Gasteiger partial charge in [0.1, 0.15) is 0 Å². The van der Waals surface area contributed by atoms with Gasteiger partial charge in [0.25, 0.3) is 0 Å². The number of carbonyl (C=O) groups excluding carboxylic acids is 3. The molecule has 0 unspecified atom stereocenters. The van der Waals surface area contributed by atoms with Crippen molar-refractivity contribution in [1.29, 1.82) is 0 Å². The first kappa shape index (κ1) is 22.7. The van der Waals surface area contributed by atoms with E-state index in [-0.39, 0.29) is 70.3 Å². The zero-order valence-corrected chi connectivity index (χ0v) is 17.6. The number of methoxy groups -OCH3 is 2. The van der Waals surface area contributed by atoms with Gasteiger partial charge in [0.2, 0.25) is 5.91 Å². The maximum atomic E-state index is 12.7. The number of aromatic hydroxyl groups is 2. The molecule has 0 spiro atoms. The fraction of sp³-hybridized carbons (Fsp3) is 0.318. The second-order valence-electron chi connectivity index (χ2n) is 6.68. The predicted octanol–water partition coefficient (Wildman–Crippen LogP) is 3.46. The summed E-state index contributed by atoms with van der Waals surface area (Å²) in [5.74, 6) is -1.33. The fourth-order valence-electron chi connectivity index (χ4n) is 2.97. The summed E-state index contributed by atoms with van der Waals surface area (Å²) in [6, 6.07) is 5.63. The monoisotopic (exact) mass is 415 g/mol. The molecule has 160 valence electrons. The summed E-state index contributed by atoms with van der Waals surface area (Å²) in [5, 5.41) is 21.2. The van der Waals surface area contributed by atoms with Crippen molar-refractivity contribution in [3.63, 3.8) is 0 Å². The van der Waals surface area contributed by atoms with Gasteiger partial charge >= 0.3 is 0 Å². The molecule has 0 aliphatic carbocycles. The molecule has 0 aliphatic rings. The Morgan fingerprint density at radius 1 is 0.867 bits per heavy atom. The van der Waals surface area contributed by atoms with Crippen molar-refractivity contribution in [3.8, 4) is 23.0 Å². The van der Waals surface area contributed by atoms with E-state index in [1.165, 1.54) is 57.2 Å². The highest BCUT2D eigenvalue weighted by Gasteiger charge is 2.25. The molecular formula is C22H25NO7. The molecule has 0 radical (unpaired) electrons. The fourth-order valence-corrected chi connectivity index (χ4v) is 2.97. The lowest BCUT2D eigenvalue weighted by Crippen LogP contribution is -2.30. The number of amides is 1. The Morgan fingerprint density at radius 3 is 1.83 bits per heavy atom. The molecule has 0 fully saturated rings. The normalized spacial score (nSPS) is 10.4. The molecule has 30 heavy (non-hydrogen) atoms. The molecule has 0 saturated heterocycles. The SMILES string of the molecule is CCC(=O)N(Cc1cc(C(C)=O)cc(OC)c1O)c1cc(C(C)=O)cc(OC)c1O. The van der Waals surface area contributed by atoms with Crippen LogP contribution in [0.2, 0.25) is 0 Å². The Kier molecular flexibility index (Phi) is 7.05. The Morgan fingerprint density at radius 2 is 1.37 bits per heavy atom. The van der Waals surface area contributed by atoms with Crippen LogP contribution in [0.1, 0.15) is 53.5 Å². The summed E-state index contributed by atoms with van der Waals surface area (Å²) in [4.78, 5) is 37.8. The van der Waals surface area contributed by atoms with Crippen molar-refractivity contribution in [3.05, 3.63) is 41.0 Å². The van der Waals surface area contributed by atoms with Gasteiger partial charge in [0.05, 0.1) is 26.5 Å². The first-order valence-corrected chi connectivity index (χ1v) is 9.27. The summed E-state index contributed by atoms with van der Waals surface area (Å²) in [7, 11) is 2.69. The Labute approximate surface area is 174 Å². The second-order valence-corrected chi connectivity index (χ2v) is 6.68. The van der Waals surface area contributed by atoms with Gasteiger partial charge in [-0.2, -0.15) is 0 Å². The lowest BCUT2D eigenvalue weighted by molar-refractivity contribution is -0.118. The first-order valence-electron chi connectivity index (χ1n) is 9.27. The molecule has 1 amide bonds. The van der Waals surface area contributed by atoms with Crippen molar-refractivity contribution in [1.82, 2.24) is 0 Å². The Hall–Kier alpha value is -3.55. The number of nitrogens with zero attached hydrogens (tertiary/aromatic N) is 1. The number of phenols is 2. The van der Waals surface area contributed by atoms with E-state index in [1.807, 2.05) is 0 Å². The molecule has 2 rings (SSSR count). The minimum atomic E-state index is -0.375. The second kappa shape index (κ2) is 9.30. The average molecular weight is 415 g/mol. The Balaban J connectivity index is 2.69. The number of hydrogen-bond donors (Lipinski definition) is 2. The summed E-state index contributed by atoms with van der Waals surface area (Å²) in [5.41, 5.74) is 0.835. The lowest BCUT2D eigenvalue weighted by Gasteiger charge is -2.25. The summed E-state index contributed by atoms with van der Waals surface area (Å²) < 4.78 is 10.3. The largest absolute Gasteiger partial charge is 0.504 e. The molecule has 0 saturated carbocycles. The molecule has 2 aromatic rings. The van der Waals surface area contributed by atoms with Gasteiger partial charge in [-0.05, 0) is 38.1 Å². The molecule has 0 bridgehead atoms. The van der Waals surface area contributed by atoms with Crippen molar-refractivity contribution >= 4 is 23.2 Å². The highest BCUT2D eigenvalue weighted by Crippen LogP contribution is 2.40. The van der Waals surface area contributed by atoms with Crippen molar-refractivity contribution in [2.45, 2.75) is 33.7 Å². The third-order valence-electron chi connectivity index (χ3n) is 4.68. The van der Waals surface area contributed by atoms with Gasteiger partial charge in [-0.1, -0.05) is 6.92 Å². The molecule has 0 heterocycles. The van der Waals surface area contributed by atoms with Crippen molar-refractivity contribution in [2.24, 2.45) is 0 Å². The van der Waals surface area contributed by atoms with E-state index < -0.39 is 0 Å². The van der Waals surface area contributed by atoms with E-state index in [0.717, 1.165) is 0 Å². The van der Waals surface area contributed by atoms with E-state index in [2.05, 4.69) is 0 Å². The molecule has 0 aromatic heterocycles. The topological polar surface area (TPSA) is 113 Å². The van der Waals surface area contributed by atoms with E-state index >= 15 is 0 Å². The van der Waals surface area contributed by atoms with E-state index in [0.29, 0.717) is 5.56 Å². The number of hydrogen-bond acceptors (Lipinski definition) is 7. The zero-order valence-electron chi connectivity index (χ0n) is 17.6. The molecule has 8 heteroatoms. The first-order chi connectivity index (χ1) is 14.1. The number of Topliss-reactive ketones (excluding diaryl/α,β-unsaturated/α-hetero) is 2. The van der Waals surface area contributed by atoms with Crippen LogP contribution in [0.3, 0.4) is 0 Å². The minimum absolute atomic E-state index is 0.0332. The highest BCUT2D eigenvalue weighted by atomic mass is 16.5. The predicted molar refractivity (Wildman–Crippen MR) is 111 cm³/mol. The molecule has 0 atom stereocenters. The van der Waals surface area contributed by atoms with Gasteiger partial charge in [0.15, 0.2) is 34.6 Å². The lowest BCUT2D eigenvalue weighted by atomic mass is 10.0. The van der Waals surface area contributed by atoms with Gasteiger partial charge in [0, 0.05) is 23.1 Å². The number of phenolic OH excluding ortho intramolecular Hbond substituents is 2. The third-order valence-corrected chi connectivity index (χ3v) is 4.68. The highest BCUT2D eigenvalue weighted by molar-refractivity contribution is 6.00. The Bertz CT molecular complexity index is 997. The maximum absolute atomic E-state index is 12.7. The average Bonchev–Trinajstić information content (AvgIpc) is 2.72. The summed E-state index contributed by atoms with van der Waals surface area (Å²) in [6.07, 6.45) is 0.0936. The van der Waals surface area contributed by atoms with Crippen LogP contribution < -0.4 is 14.4 Å². The van der Waals surface area contributed by atoms with Crippen LogP contribution in [0.4, 0.5) is 5.69 Å². The summed E-state index contributed by atoms with van der Waals surface area (Å²) >= 11 is 0. The van der Waals surface area contributed by atoms with Crippen LogP contribution in [-0.2, 0) is 11.3 Å². The zero-order chi connectivity index (χ0) is 22.6. The van der Waals surface area contributed by atoms with Gasteiger partial charge in [-0.3, -0.25) is 14.4 Å². The molecule has 0 aliphatic heterocycles. The van der Waals surface area contributed by atoms with E-state index in [4.69, 9.17) is 9.47 Å². The molecular weight excluding hydrogens is 390 g/mol. The quantitative estimate of drug-likeness (QED) is 0.635. The van der Waals surface area contributed by atoms with Gasteiger partial charge in [-0.25, -0.2) is 0 Å². The number of carbonyl (C=O) groups is 3. The summed E-state index contributed by atoms with van der Waals surface area (Å²) in [6.45, 7) is 4.20. The smallest absolute Gasteiger partial charge is 0.227 e. The van der Waals surface area contributed by atoms with Gasteiger partial charge in [-0.15, -0.1) is 0 Å². The third kappa shape index (κ3) is 4.53. The van der Waals surface area contributed by atoms with E-state index in [9.17, 15) is 24.6 Å².